The summed E-state index contributed by atoms with van der Waals surface area (Å²) in [5.74, 6) is -0.736. The lowest BCUT2D eigenvalue weighted by molar-refractivity contribution is -0.142. The van der Waals surface area contributed by atoms with Gasteiger partial charge in [0, 0.05) is 18.9 Å². The van der Waals surface area contributed by atoms with E-state index in [0.29, 0.717) is 13.0 Å². The van der Waals surface area contributed by atoms with Crippen molar-refractivity contribution in [1.82, 2.24) is 9.97 Å². The molecule has 0 radical (unpaired) electrons. The van der Waals surface area contributed by atoms with Crippen LogP contribution < -0.4 is 10.5 Å². The van der Waals surface area contributed by atoms with E-state index in [1.807, 2.05) is 0 Å². The Morgan fingerprint density at radius 1 is 1.69 bits per heavy atom. The molecule has 0 aromatic carbocycles. The highest BCUT2D eigenvalue weighted by Crippen LogP contribution is 2.31. The summed E-state index contributed by atoms with van der Waals surface area (Å²) in [6.45, 7) is 2.17. The van der Waals surface area contributed by atoms with E-state index in [-0.39, 0.29) is 11.4 Å². The minimum absolute atomic E-state index is 0.185. The van der Waals surface area contributed by atoms with Crippen LogP contribution in [0.5, 0.6) is 0 Å². The van der Waals surface area contributed by atoms with Crippen LogP contribution in [0.1, 0.15) is 19.8 Å². The number of nitrogens with one attached hydrogen (secondary N) is 1. The second-order valence-electron chi connectivity index (χ2n) is 4.08. The first-order valence-corrected chi connectivity index (χ1v) is 5.10. The van der Waals surface area contributed by atoms with E-state index in [1.165, 1.54) is 12.4 Å². The molecule has 0 aliphatic carbocycles. The van der Waals surface area contributed by atoms with Crippen molar-refractivity contribution in [3.63, 3.8) is 0 Å². The molecule has 1 aromatic heterocycles. The lowest BCUT2D eigenvalue weighted by atomic mass is 9.99. The number of aromatic amines is 1. The Bertz CT molecular complexity index is 470. The maximum atomic E-state index is 11.6. The van der Waals surface area contributed by atoms with Crippen LogP contribution in [0.3, 0.4) is 0 Å². The molecule has 2 N–H and O–H groups in total. The van der Waals surface area contributed by atoms with Crippen LogP contribution in [-0.4, -0.2) is 33.1 Å². The Labute approximate surface area is 91.9 Å². The van der Waals surface area contributed by atoms with Gasteiger partial charge in [-0.2, -0.15) is 0 Å². The SMILES string of the molecule is CC1(C(=O)O)CCCN1c1ncc[nH]c1=O. The molecule has 1 aliphatic rings. The molecule has 0 saturated carbocycles. The van der Waals surface area contributed by atoms with Gasteiger partial charge in [0.05, 0.1) is 0 Å². The molecule has 0 spiro atoms. The number of carboxylic acid groups (broad SMARTS) is 1. The summed E-state index contributed by atoms with van der Waals surface area (Å²) in [7, 11) is 0. The lowest BCUT2D eigenvalue weighted by Crippen LogP contribution is -2.50. The summed E-state index contributed by atoms with van der Waals surface area (Å²) >= 11 is 0. The van der Waals surface area contributed by atoms with Crippen molar-refractivity contribution in [2.45, 2.75) is 25.3 Å². The highest BCUT2D eigenvalue weighted by molar-refractivity contribution is 5.83. The summed E-state index contributed by atoms with van der Waals surface area (Å²) in [5, 5.41) is 9.21. The number of hydrogen-bond acceptors (Lipinski definition) is 4. The molecule has 16 heavy (non-hydrogen) atoms. The molecule has 2 heterocycles. The highest BCUT2D eigenvalue weighted by Gasteiger charge is 2.44. The monoisotopic (exact) mass is 223 g/mol. The summed E-state index contributed by atoms with van der Waals surface area (Å²) < 4.78 is 0. The number of aliphatic carboxylic acids is 1. The minimum atomic E-state index is -1.03. The summed E-state index contributed by atoms with van der Waals surface area (Å²) in [5.41, 5.74) is -1.38. The van der Waals surface area contributed by atoms with Gasteiger partial charge in [0.1, 0.15) is 5.54 Å². The number of anilines is 1. The Balaban J connectivity index is 2.45. The van der Waals surface area contributed by atoms with E-state index in [1.54, 1.807) is 11.8 Å². The second-order valence-corrected chi connectivity index (χ2v) is 4.08. The van der Waals surface area contributed by atoms with Crippen molar-refractivity contribution in [2.24, 2.45) is 0 Å². The van der Waals surface area contributed by atoms with Gasteiger partial charge in [-0.3, -0.25) is 4.79 Å². The largest absolute Gasteiger partial charge is 0.480 e. The van der Waals surface area contributed by atoms with Gasteiger partial charge in [-0.1, -0.05) is 0 Å². The van der Waals surface area contributed by atoms with Crippen molar-refractivity contribution in [3.8, 4) is 0 Å². The number of carbonyl (C=O) groups is 1. The lowest BCUT2D eigenvalue weighted by Gasteiger charge is -2.31. The number of nitrogens with zero attached hydrogens (tertiary/aromatic N) is 2. The maximum absolute atomic E-state index is 11.6. The fraction of sp³-hybridized carbons (Fsp3) is 0.500. The molecular weight excluding hydrogens is 210 g/mol. The van der Waals surface area contributed by atoms with Crippen LogP contribution >= 0.6 is 0 Å². The van der Waals surface area contributed by atoms with Crippen LogP contribution in [0.4, 0.5) is 5.82 Å². The Morgan fingerprint density at radius 3 is 3.06 bits per heavy atom. The zero-order valence-electron chi connectivity index (χ0n) is 8.93. The standard InChI is InChI=1S/C10H13N3O3/c1-10(9(15)16)3-2-6-13(10)7-8(14)12-5-4-11-7/h4-5H,2-3,6H2,1H3,(H,12,14)(H,15,16). The van der Waals surface area contributed by atoms with Crippen LogP contribution in [0.15, 0.2) is 17.2 Å². The number of aromatic nitrogens is 2. The smallest absolute Gasteiger partial charge is 0.329 e. The first-order chi connectivity index (χ1) is 7.55. The molecule has 1 fully saturated rings. The van der Waals surface area contributed by atoms with Gasteiger partial charge in [-0.15, -0.1) is 0 Å². The predicted octanol–water partition coefficient (Wildman–Crippen LogP) is 0.213. The second kappa shape index (κ2) is 3.62. The Kier molecular flexibility index (Phi) is 2.41. The van der Waals surface area contributed by atoms with Crippen molar-refractivity contribution in [2.75, 3.05) is 11.4 Å². The zero-order chi connectivity index (χ0) is 11.8. The molecule has 0 bridgehead atoms. The van der Waals surface area contributed by atoms with E-state index < -0.39 is 11.5 Å². The van der Waals surface area contributed by atoms with Crippen LogP contribution in [0, 0.1) is 0 Å². The van der Waals surface area contributed by atoms with Gasteiger partial charge in [0.2, 0.25) is 0 Å². The van der Waals surface area contributed by atoms with E-state index in [0.717, 1.165) is 6.42 Å². The molecule has 6 nitrogen and oxygen atoms in total. The average Bonchev–Trinajstić information content (AvgIpc) is 2.63. The molecule has 1 aliphatic heterocycles. The van der Waals surface area contributed by atoms with Crippen LogP contribution in [0.25, 0.3) is 0 Å². The average molecular weight is 223 g/mol. The number of hydrogen-bond donors (Lipinski definition) is 2. The molecule has 86 valence electrons. The highest BCUT2D eigenvalue weighted by atomic mass is 16.4. The van der Waals surface area contributed by atoms with Gasteiger partial charge >= 0.3 is 5.97 Å². The quantitative estimate of drug-likeness (QED) is 0.748. The van der Waals surface area contributed by atoms with E-state index in [9.17, 15) is 14.7 Å². The molecule has 1 atom stereocenters. The molecule has 6 heteroatoms. The molecule has 1 saturated heterocycles. The predicted molar refractivity (Wildman–Crippen MR) is 57.5 cm³/mol. The summed E-state index contributed by atoms with van der Waals surface area (Å²) in [6.07, 6.45) is 4.16. The van der Waals surface area contributed by atoms with Gasteiger partial charge in [-0.05, 0) is 19.8 Å². The van der Waals surface area contributed by atoms with Gasteiger partial charge in [0.15, 0.2) is 5.82 Å². The summed E-state index contributed by atoms with van der Waals surface area (Å²) in [4.78, 5) is 30.8. The third-order valence-electron chi connectivity index (χ3n) is 3.05. The van der Waals surface area contributed by atoms with Crippen LogP contribution in [-0.2, 0) is 4.79 Å². The third kappa shape index (κ3) is 1.46. The van der Waals surface area contributed by atoms with Gasteiger partial charge < -0.3 is 15.0 Å². The molecule has 2 rings (SSSR count). The fourth-order valence-electron chi connectivity index (χ4n) is 2.06. The van der Waals surface area contributed by atoms with E-state index >= 15 is 0 Å². The van der Waals surface area contributed by atoms with Gasteiger partial charge in [-0.25, -0.2) is 9.78 Å². The van der Waals surface area contributed by atoms with Crippen LogP contribution in [0.2, 0.25) is 0 Å². The normalized spacial score (nSPS) is 24.7. The molecule has 1 aromatic rings. The first-order valence-electron chi connectivity index (χ1n) is 5.10. The number of rotatable bonds is 2. The number of carboxylic acids is 1. The Hall–Kier alpha value is -1.85. The van der Waals surface area contributed by atoms with Crippen molar-refractivity contribution < 1.29 is 9.90 Å². The summed E-state index contributed by atoms with van der Waals surface area (Å²) in [6, 6.07) is 0. The molecular formula is C10H13N3O3. The molecule has 0 amide bonds. The topological polar surface area (TPSA) is 86.3 Å². The fourth-order valence-corrected chi connectivity index (χ4v) is 2.06. The first kappa shape index (κ1) is 10.7. The molecule has 1 unspecified atom stereocenters. The zero-order valence-corrected chi connectivity index (χ0v) is 8.93. The van der Waals surface area contributed by atoms with E-state index in [2.05, 4.69) is 9.97 Å². The van der Waals surface area contributed by atoms with Gasteiger partial charge in [0.25, 0.3) is 5.56 Å². The van der Waals surface area contributed by atoms with E-state index in [4.69, 9.17) is 0 Å². The van der Waals surface area contributed by atoms with Crippen molar-refractivity contribution in [1.29, 1.82) is 0 Å². The number of H-pyrrole nitrogens is 1. The Morgan fingerprint density at radius 2 is 2.44 bits per heavy atom. The minimum Gasteiger partial charge on any atom is -0.480 e. The van der Waals surface area contributed by atoms with Crippen molar-refractivity contribution in [3.05, 3.63) is 22.7 Å². The maximum Gasteiger partial charge on any atom is 0.329 e. The third-order valence-corrected chi connectivity index (χ3v) is 3.05. The van der Waals surface area contributed by atoms with Crippen molar-refractivity contribution >= 4 is 11.8 Å².